The summed E-state index contributed by atoms with van der Waals surface area (Å²) in [6.45, 7) is 2.17. The number of hydrogen-bond acceptors (Lipinski definition) is 4. The SMILES string of the molecule is CCCc1ccncc1-c1csc(-c2cccc(C#N)c2)n1. The van der Waals surface area contributed by atoms with E-state index < -0.39 is 0 Å². The topological polar surface area (TPSA) is 49.6 Å². The van der Waals surface area contributed by atoms with E-state index in [0.717, 1.165) is 34.7 Å². The second kappa shape index (κ2) is 6.50. The highest BCUT2D eigenvalue weighted by Crippen LogP contribution is 2.30. The number of hydrogen-bond donors (Lipinski definition) is 0. The van der Waals surface area contributed by atoms with Gasteiger partial charge in [0, 0.05) is 28.9 Å². The fourth-order valence-corrected chi connectivity index (χ4v) is 3.21. The Labute approximate surface area is 133 Å². The van der Waals surface area contributed by atoms with E-state index in [1.54, 1.807) is 17.4 Å². The molecule has 2 heterocycles. The third-order valence-electron chi connectivity index (χ3n) is 3.45. The van der Waals surface area contributed by atoms with Crippen LogP contribution in [0, 0.1) is 11.3 Å². The van der Waals surface area contributed by atoms with Gasteiger partial charge in [-0.15, -0.1) is 11.3 Å². The van der Waals surface area contributed by atoms with Crippen LogP contribution in [0.15, 0.2) is 48.1 Å². The summed E-state index contributed by atoms with van der Waals surface area (Å²) in [6.07, 6.45) is 5.83. The van der Waals surface area contributed by atoms with Crippen LogP contribution in [0.4, 0.5) is 0 Å². The van der Waals surface area contributed by atoms with Gasteiger partial charge in [-0.1, -0.05) is 25.5 Å². The molecule has 0 radical (unpaired) electrons. The Hall–Kier alpha value is -2.51. The minimum atomic E-state index is 0.655. The van der Waals surface area contributed by atoms with E-state index in [-0.39, 0.29) is 0 Å². The van der Waals surface area contributed by atoms with Gasteiger partial charge in [0.1, 0.15) is 5.01 Å². The quantitative estimate of drug-likeness (QED) is 0.702. The Morgan fingerprint density at radius 1 is 1.27 bits per heavy atom. The van der Waals surface area contributed by atoms with Gasteiger partial charge in [0.25, 0.3) is 0 Å². The molecule has 3 aromatic rings. The van der Waals surface area contributed by atoms with Gasteiger partial charge in [-0.3, -0.25) is 4.98 Å². The van der Waals surface area contributed by atoms with Crippen molar-refractivity contribution in [2.75, 3.05) is 0 Å². The third-order valence-corrected chi connectivity index (χ3v) is 4.34. The summed E-state index contributed by atoms with van der Waals surface area (Å²) in [5.41, 5.74) is 4.97. The van der Waals surface area contributed by atoms with Crippen molar-refractivity contribution >= 4 is 11.3 Å². The Morgan fingerprint density at radius 3 is 3.00 bits per heavy atom. The molecule has 0 aliphatic heterocycles. The second-order valence-corrected chi connectivity index (χ2v) is 5.87. The van der Waals surface area contributed by atoms with E-state index in [2.05, 4.69) is 29.4 Å². The van der Waals surface area contributed by atoms with Gasteiger partial charge < -0.3 is 0 Å². The minimum Gasteiger partial charge on any atom is -0.264 e. The number of rotatable bonds is 4. The van der Waals surface area contributed by atoms with E-state index in [1.807, 2.05) is 30.6 Å². The average molecular weight is 305 g/mol. The van der Waals surface area contributed by atoms with E-state index in [4.69, 9.17) is 10.2 Å². The zero-order valence-electron chi connectivity index (χ0n) is 12.3. The maximum absolute atomic E-state index is 9.01. The van der Waals surface area contributed by atoms with Crippen LogP contribution in [0.25, 0.3) is 21.8 Å². The molecule has 22 heavy (non-hydrogen) atoms. The number of nitriles is 1. The van der Waals surface area contributed by atoms with Gasteiger partial charge >= 0.3 is 0 Å². The third kappa shape index (κ3) is 2.90. The highest BCUT2D eigenvalue weighted by atomic mass is 32.1. The summed E-state index contributed by atoms with van der Waals surface area (Å²) in [5, 5.41) is 12.0. The Bertz CT molecular complexity index is 830. The highest BCUT2D eigenvalue weighted by molar-refractivity contribution is 7.13. The molecule has 0 saturated carbocycles. The standard InChI is InChI=1S/C18H15N3S/c1-2-4-14-7-8-20-11-16(14)17-12-22-18(21-17)15-6-3-5-13(9-15)10-19/h3,5-9,11-12H,2,4H2,1H3. The van der Waals surface area contributed by atoms with Crippen LogP contribution in [0.1, 0.15) is 24.5 Å². The van der Waals surface area contributed by atoms with Gasteiger partial charge in [-0.05, 0) is 30.2 Å². The van der Waals surface area contributed by atoms with Gasteiger partial charge in [0.15, 0.2) is 0 Å². The molecule has 0 fully saturated rings. The molecule has 3 rings (SSSR count). The van der Waals surface area contributed by atoms with Crippen molar-refractivity contribution in [3.63, 3.8) is 0 Å². The van der Waals surface area contributed by atoms with Crippen LogP contribution >= 0.6 is 11.3 Å². The first kappa shape index (κ1) is 14.4. The van der Waals surface area contributed by atoms with Gasteiger partial charge in [-0.25, -0.2) is 4.98 Å². The van der Waals surface area contributed by atoms with Gasteiger partial charge in [0.05, 0.1) is 17.3 Å². The fraction of sp³-hybridized carbons (Fsp3) is 0.167. The Balaban J connectivity index is 1.99. The van der Waals surface area contributed by atoms with Crippen LogP contribution < -0.4 is 0 Å². The van der Waals surface area contributed by atoms with E-state index >= 15 is 0 Å². The highest BCUT2D eigenvalue weighted by Gasteiger charge is 2.10. The second-order valence-electron chi connectivity index (χ2n) is 5.01. The number of pyridine rings is 1. The number of aryl methyl sites for hydroxylation is 1. The molecule has 0 saturated heterocycles. The predicted molar refractivity (Wildman–Crippen MR) is 89.5 cm³/mol. The molecule has 1 aromatic carbocycles. The van der Waals surface area contributed by atoms with E-state index in [0.29, 0.717) is 5.56 Å². The summed E-state index contributed by atoms with van der Waals surface area (Å²) in [4.78, 5) is 8.97. The lowest BCUT2D eigenvalue weighted by atomic mass is 10.0. The van der Waals surface area contributed by atoms with Crippen molar-refractivity contribution in [1.82, 2.24) is 9.97 Å². The van der Waals surface area contributed by atoms with Crippen LogP contribution in [0.5, 0.6) is 0 Å². The van der Waals surface area contributed by atoms with E-state index in [1.165, 1.54) is 5.56 Å². The largest absolute Gasteiger partial charge is 0.264 e. The Kier molecular flexibility index (Phi) is 4.27. The van der Waals surface area contributed by atoms with Crippen LogP contribution in [0.3, 0.4) is 0 Å². The van der Waals surface area contributed by atoms with Crippen molar-refractivity contribution in [1.29, 1.82) is 5.26 Å². The van der Waals surface area contributed by atoms with Crippen molar-refractivity contribution in [3.8, 4) is 27.9 Å². The Morgan fingerprint density at radius 2 is 2.18 bits per heavy atom. The normalized spacial score (nSPS) is 10.4. The molecule has 0 amide bonds. The summed E-state index contributed by atoms with van der Waals surface area (Å²) in [6, 6.07) is 11.8. The molecule has 108 valence electrons. The molecule has 0 unspecified atom stereocenters. The van der Waals surface area contributed by atoms with Crippen molar-refractivity contribution in [2.45, 2.75) is 19.8 Å². The predicted octanol–water partition coefficient (Wildman–Crippen LogP) is 4.70. The van der Waals surface area contributed by atoms with Gasteiger partial charge in [0.2, 0.25) is 0 Å². The fourth-order valence-electron chi connectivity index (χ4n) is 2.39. The molecule has 0 spiro atoms. The summed E-state index contributed by atoms with van der Waals surface area (Å²) >= 11 is 1.60. The van der Waals surface area contributed by atoms with Crippen molar-refractivity contribution in [3.05, 3.63) is 59.2 Å². The summed E-state index contributed by atoms with van der Waals surface area (Å²) < 4.78 is 0. The molecular weight excluding hydrogens is 290 g/mol. The smallest absolute Gasteiger partial charge is 0.124 e. The molecule has 0 atom stereocenters. The number of nitrogens with zero attached hydrogens (tertiary/aromatic N) is 3. The first-order valence-corrected chi connectivity index (χ1v) is 8.09. The molecule has 0 aliphatic carbocycles. The molecule has 4 heteroatoms. The molecule has 3 nitrogen and oxygen atoms in total. The number of thiazole rings is 1. The first-order valence-electron chi connectivity index (χ1n) is 7.21. The maximum Gasteiger partial charge on any atom is 0.124 e. The van der Waals surface area contributed by atoms with Crippen LogP contribution in [0.2, 0.25) is 0 Å². The molecule has 0 N–H and O–H groups in total. The zero-order chi connectivity index (χ0) is 15.4. The lowest BCUT2D eigenvalue weighted by molar-refractivity contribution is 0.919. The summed E-state index contributed by atoms with van der Waals surface area (Å²) in [7, 11) is 0. The number of benzene rings is 1. The van der Waals surface area contributed by atoms with Crippen LogP contribution in [-0.4, -0.2) is 9.97 Å². The van der Waals surface area contributed by atoms with Crippen molar-refractivity contribution < 1.29 is 0 Å². The number of aromatic nitrogens is 2. The zero-order valence-corrected chi connectivity index (χ0v) is 13.1. The lowest BCUT2D eigenvalue weighted by Gasteiger charge is -2.04. The molecule has 0 aliphatic rings. The minimum absolute atomic E-state index is 0.655. The lowest BCUT2D eigenvalue weighted by Crippen LogP contribution is -1.91. The monoisotopic (exact) mass is 305 g/mol. The maximum atomic E-state index is 9.01. The van der Waals surface area contributed by atoms with E-state index in [9.17, 15) is 0 Å². The van der Waals surface area contributed by atoms with Crippen molar-refractivity contribution in [2.24, 2.45) is 0 Å². The first-order chi connectivity index (χ1) is 10.8. The molecule has 2 aromatic heterocycles. The van der Waals surface area contributed by atoms with Gasteiger partial charge in [-0.2, -0.15) is 5.26 Å². The summed E-state index contributed by atoms with van der Waals surface area (Å²) in [5.74, 6) is 0. The van der Waals surface area contributed by atoms with Crippen LogP contribution in [-0.2, 0) is 6.42 Å². The molecular formula is C18H15N3S. The molecule has 0 bridgehead atoms. The average Bonchev–Trinajstić information content (AvgIpc) is 3.06.